The zero-order chi connectivity index (χ0) is 19.8. The van der Waals surface area contributed by atoms with Crippen LogP contribution in [0.2, 0.25) is 0 Å². The number of methoxy groups -OCH3 is 2. The van der Waals surface area contributed by atoms with E-state index in [-0.39, 0.29) is 11.9 Å². The zero-order valence-corrected chi connectivity index (χ0v) is 16.6. The SMILES string of the molecule is COCCOc1ccc(C(C)NC(=O)c2cccc(N(C)C)c2)cc1OC. The molecule has 0 heterocycles. The molecule has 0 saturated carbocycles. The molecule has 27 heavy (non-hydrogen) atoms. The third-order valence-corrected chi connectivity index (χ3v) is 4.21. The number of rotatable bonds is 9. The number of carbonyl (C=O) groups is 1. The molecule has 1 amide bonds. The molecule has 0 aliphatic heterocycles. The largest absolute Gasteiger partial charge is 0.493 e. The molecule has 0 radical (unpaired) electrons. The summed E-state index contributed by atoms with van der Waals surface area (Å²) in [6.45, 7) is 2.89. The fourth-order valence-electron chi connectivity index (χ4n) is 2.60. The Balaban J connectivity index is 2.09. The van der Waals surface area contributed by atoms with E-state index in [4.69, 9.17) is 14.2 Å². The van der Waals surface area contributed by atoms with Crippen molar-refractivity contribution >= 4 is 11.6 Å². The minimum Gasteiger partial charge on any atom is -0.493 e. The van der Waals surface area contributed by atoms with Gasteiger partial charge in [0.25, 0.3) is 5.91 Å². The smallest absolute Gasteiger partial charge is 0.251 e. The monoisotopic (exact) mass is 372 g/mol. The standard InChI is InChI=1S/C21H28N2O4/c1-15(22-21(24)17-7-6-8-18(13-17)23(2)3)16-9-10-19(20(14-16)26-5)27-12-11-25-4/h6-10,13-15H,11-12H2,1-5H3,(H,22,24). The van der Waals surface area contributed by atoms with Gasteiger partial charge in [-0.05, 0) is 42.8 Å². The van der Waals surface area contributed by atoms with Gasteiger partial charge < -0.3 is 24.4 Å². The zero-order valence-electron chi connectivity index (χ0n) is 16.6. The Morgan fingerprint density at radius 3 is 2.52 bits per heavy atom. The van der Waals surface area contributed by atoms with Crippen molar-refractivity contribution in [2.75, 3.05) is 46.4 Å². The average Bonchev–Trinajstić information content (AvgIpc) is 2.68. The molecular formula is C21H28N2O4. The average molecular weight is 372 g/mol. The first-order valence-electron chi connectivity index (χ1n) is 8.84. The molecule has 146 valence electrons. The van der Waals surface area contributed by atoms with Gasteiger partial charge in [0.05, 0.1) is 19.8 Å². The number of nitrogens with one attached hydrogen (secondary N) is 1. The summed E-state index contributed by atoms with van der Waals surface area (Å²) in [7, 11) is 7.12. The van der Waals surface area contributed by atoms with Crippen molar-refractivity contribution in [1.29, 1.82) is 0 Å². The van der Waals surface area contributed by atoms with Gasteiger partial charge in [0.15, 0.2) is 11.5 Å². The minimum atomic E-state index is -0.178. The number of benzene rings is 2. The molecule has 1 unspecified atom stereocenters. The van der Waals surface area contributed by atoms with E-state index < -0.39 is 0 Å². The Bertz CT molecular complexity index is 762. The van der Waals surface area contributed by atoms with Gasteiger partial charge in [-0.3, -0.25) is 4.79 Å². The molecule has 0 spiro atoms. The first-order chi connectivity index (χ1) is 13.0. The molecule has 2 aromatic rings. The fourth-order valence-corrected chi connectivity index (χ4v) is 2.60. The summed E-state index contributed by atoms with van der Waals surface area (Å²) >= 11 is 0. The number of hydrogen-bond donors (Lipinski definition) is 1. The van der Waals surface area contributed by atoms with E-state index in [0.29, 0.717) is 30.3 Å². The van der Waals surface area contributed by atoms with Gasteiger partial charge in [0.1, 0.15) is 6.61 Å². The van der Waals surface area contributed by atoms with Gasteiger partial charge in [0.2, 0.25) is 0 Å². The van der Waals surface area contributed by atoms with Crippen molar-refractivity contribution in [2.45, 2.75) is 13.0 Å². The third kappa shape index (κ3) is 5.62. The first kappa shape index (κ1) is 20.6. The summed E-state index contributed by atoms with van der Waals surface area (Å²) in [6, 6.07) is 13.0. The van der Waals surface area contributed by atoms with Crippen molar-refractivity contribution in [3.05, 3.63) is 53.6 Å². The lowest BCUT2D eigenvalue weighted by Gasteiger charge is -2.18. The quantitative estimate of drug-likeness (QED) is 0.685. The second-order valence-corrected chi connectivity index (χ2v) is 6.39. The van der Waals surface area contributed by atoms with Crippen LogP contribution in [0, 0.1) is 0 Å². The van der Waals surface area contributed by atoms with Crippen LogP contribution in [0.3, 0.4) is 0 Å². The predicted molar refractivity (Wildman–Crippen MR) is 107 cm³/mol. The second kappa shape index (κ2) is 9.83. The lowest BCUT2D eigenvalue weighted by Crippen LogP contribution is -2.26. The van der Waals surface area contributed by atoms with E-state index in [9.17, 15) is 4.79 Å². The van der Waals surface area contributed by atoms with Crippen molar-refractivity contribution < 1.29 is 19.0 Å². The van der Waals surface area contributed by atoms with Gasteiger partial charge in [-0.25, -0.2) is 0 Å². The van der Waals surface area contributed by atoms with Crippen LogP contribution in [-0.4, -0.2) is 47.4 Å². The van der Waals surface area contributed by atoms with Crippen LogP contribution in [0.15, 0.2) is 42.5 Å². The molecule has 0 aliphatic rings. The maximum absolute atomic E-state index is 12.6. The lowest BCUT2D eigenvalue weighted by molar-refractivity contribution is 0.0940. The van der Waals surface area contributed by atoms with Gasteiger partial charge in [-0.2, -0.15) is 0 Å². The van der Waals surface area contributed by atoms with Crippen molar-refractivity contribution in [3.63, 3.8) is 0 Å². The normalized spacial score (nSPS) is 11.6. The maximum Gasteiger partial charge on any atom is 0.251 e. The van der Waals surface area contributed by atoms with Crippen LogP contribution in [0.25, 0.3) is 0 Å². The van der Waals surface area contributed by atoms with E-state index in [1.807, 2.05) is 68.4 Å². The number of amides is 1. The topological polar surface area (TPSA) is 60.0 Å². The summed E-state index contributed by atoms with van der Waals surface area (Å²) < 4.78 is 16.1. The van der Waals surface area contributed by atoms with Crippen LogP contribution in [0.1, 0.15) is 28.9 Å². The van der Waals surface area contributed by atoms with Crippen molar-refractivity contribution in [2.24, 2.45) is 0 Å². The highest BCUT2D eigenvalue weighted by Crippen LogP contribution is 2.30. The van der Waals surface area contributed by atoms with Gasteiger partial charge in [-0.1, -0.05) is 12.1 Å². The molecule has 0 saturated heterocycles. The Labute approximate surface area is 161 Å². The molecule has 2 rings (SSSR count). The van der Waals surface area contributed by atoms with Crippen LogP contribution in [-0.2, 0) is 4.74 Å². The summed E-state index contributed by atoms with van der Waals surface area (Å²) in [5.41, 5.74) is 2.54. The molecule has 2 aromatic carbocycles. The summed E-state index contributed by atoms with van der Waals surface area (Å²) in [4.78, 5) is 14.6. The highest BCUT2D eigenvalue weighted by Gasteiger charge is 2.15. The summed E-state index contributed by atoms with van der Waals surface area (Å²) in [5, 5.41) is 3.03. The molecule has 6 heteroatoms. The van der Waals surface area contributed by atoms with Crippen molar-refractivity contribution in [3.8, 4) is 11.5 Å². The van der Waals surface area contributed by atoms with Gasteiger partial charge in [-0.15, -0.1) is 0 Å². The molecule has 0 aliphatic carbocycles. The Kier molecular flexibility index (Phi) is 7.49. The van der Waals surface area contributed by atoms with Crippen LogP contribution in [0.4, 0.5) is 5.69 Å². The highest BCUT2D eigenvalue weighted by atomic mass is 16.5. The third-order valence-electron chi connectivity index (χ3n) is 4.21. The van der Waals surface area contributed by atoms with Gasteiger partial charge in [0, 0.05) is 32.5 Å². The Hall–Kier alpha value is -2.73. The Morgan fingerprint density at radius 1 is 1.07 bits per heavy atom. The number of anilines is 1. The van der Waals surface area contributed by atoms with Crippen LogP contribution >= 0.6 is 0 Å². The van der Waals surface area contributed by atoms with E-state index >= 15 is 0 Å². The van der Waals surface area contributed by atoms with Crippen molar-refractivity contribution in [1.82, 2.24) is 5.32 Å². The number of hydrogen-bond acceptors (Lipinski definition) is 5. The molecule has 0 fully saturated rings. The summed E-state index contributed by atoms with van der Waals surface area (Å²) in [6.07, 6.45) is 0. The predicted octanol–water partition coefficient (Wildman–Crippen LogP) is 3.28. The highest BCUT2D eigenvalue weighted by molar-refractivity contribution is 5.95. The maximum atomic E-state index is 12.6. The van der Waals surface area contributed by atoms with E-state index in [2.05, 4.69) is 5.32 Å². The number of ether oxygens (including phenoxy) is 3. The Morgan fingerprint density at radius 2 is 1.85 bits per heavy atom. The minimum absolute atomic E-state index is 0.120. The second-order valence-electron chi connectivity index (χ2n) is 6.39. The van der Waals surface area contributed by atoms with E-state index in [0.717, 1.165) is 11.3 Å². The lowest BCUT2D eigenvalue weighted by atomic mass is 10.1. The van der Waals surface area contributed by atoms with Crippen LogP contribution < -0.4 is 19.7 Å². The first-order valence-corrected chi connectivity index (χ1v) is 8.84. The molecule has 0 bridgehead atoms. The summed E-state index contributed by atoms with van der Waals surface area (Å²) in [5.74, 6) is 1.15. The number of nitrogens with zero attached hydrogens (tertiary/aromatic N) is 1. The molecular weight excluding hydrogens is 344 g/mol. The van der Waals surface area contributed by atoms with Crippen LogP contribution in [0.5, 0.6) is 11.5 Å². The van der Waals surface area contributed by atoms with E-state index in [1.54, 1.807) is 14.2 Å². The molecule has 1 N–H and O–H groups in total. The fraction of sp³-hybridized carbons (Fsp3) is 0.381. The van der Waals surface area contributed by atoms with E-state index in [1.165, 1.54) is 0 Å². The molecule has 0 aromatic heterocycles. The molecule has 6 nitrogen and oxygen atoms in total. The molecule has 1 atom stereocenters. The van der Waals surface area contributed by atoms with Gasteiger partial charge >= 0.3 is 0 Å². The number of carbonyl (C=O) groups excluding carboxylic acids is 1.